The maximum atomic E-state index is 12.0. The molecule has 1 aromatic carbocycles. The van der Waals surface area contributed by atoms with Crippen LogP contribution in [0.3, 0.4) is 0 Å². The van der Waals surface area contributed by atoms with Gasteiger partial charge in [0.05, 0.1) is 16.7 Å². The highest BCUT2D eigenvalue weighted by atomic mass is 16.3. The van der Waals surface area contributed by atoms with Gasteiger partial charge in [0.2, 0.25) is 5.91 Å². The van der Waals surface area contributed by atoms with Crippen molar-refractivity contribution in [3.8, 4) is 0 Å². The third-order valence-corrected chi connectivity index (χ3v) is 3.63. The Hall–Kier alpha value is -2.96. The summed E-state index contributed by atoms with van der Waals surface area (Å²) in [5.41, 5.74) is 2.34. The van der Waals surface area contributed by atoms with Gasteiger partial charge in [0.25, 0.3) is 5.56 Å². The Morgan fingerprint density at radius 2 is 2.08 bits per heavy atom. The number of aromatic amines is 1. The van der Waals surface area contributed by atoms with Gasteiger partial charge in [0, 0.05) is 32.7 Å². The molecule has 3 rings (SSSR count). The van der Waals surface area contributed by atoms with Crippen molar-refractivity contribution in [2.45, 2.75) is 26.2 Å². The van der Waals surface area contributed by atoms with E-state index in [9.17, 15) is 9.59 Å². The van der Waals surface area contributed by atoms with Gasteiger partial charge in [-0.15, -0.1) is 0 Å². The molecule has 2 N–H and O–H groups in total. The van der Waals surface area contributed by atoms with Crippen molar-refractivity contribution in [1.29, 1.82) is 0 Å². The predicted molar refractivity (Wildman–Crippen MR) is 88.6 cm³/mol. The minimum Gasteiger partial charge on any atom is -0.449 e. The summed E-state index contributed by atoms with van der Waals surface area (Å²) in [6, 6.07) is 7.32. The second-order valence-electron chi connectivity index (χ2n) is 5.49. The van der Waals surface area contributed by atoms with Gasteiger partial charge in [-0.05, 0) is 12.1 Å². The van der Waals surface area contributed by atoms with E-state index in [2.05, 4.69) is 20.3 Å². The van der Waals surface area contributed by atoms with Crippen molar-refractivity contribution in [3.05, 3.63) is 58.2 Å². The number of nitrogens with zero attached hydrogens (tertiary/aromatic N) is 2. The Morgan fingerprint density at radius 1 is 1.25 bits per heavy atom. The number of rotatable bonds is 6. The molecule has 7 heteroatoms. The van der Waals surface area contributed by atoms with Crippen molar-refractivity contribution < 1.29 is 9.21 Å². The zero-order chi connectivity index (χ0) is 16.9. The molecule has 2 heterocycles. The van der Waals surface area contributed by atoms with Crippen LogP contribution in [0.15, 0.2) is 39.7 Å². The first-order valence-electron chi connectivity index (χ1n) is 7.77. The highest BCUT2D eigenvalue weighted by Gasteiger charge is 2.08. The molecule has 0 aliphatic rings. The monoisotopic (exact) mass is 326 g/mol. The fourth-order valence-corrected chi connectivity index (χ4v) is 2.41. The smallest absolute Gasteiger partial charge is 0.270 e. The first-order chi connectivity index (χ1) is 11.6. The Kier molecular flexibility index (Phi) is 4.69. The van der Waals surface area contributed by atoms with E-state index < -0.39 is 0 Å². The van der Waals surface area contributed by atoms with Crippen LogP contribution < -0.4 is 10.9 Å². The van der Waals surface area contributed by atoms with Gasteiger partial charge < -0.3 is 14.7 Å². The summed E-state index contributed by atoms with van der Waals surface area (Å²) in [5, 5.41) is 2.81. The number of carbonyl (C=O) groups excluding carboxylic acids is 1. The standard InChI is InChI=1S/C17H18N4O3/c1-11-19-12(10-24-11)8-9-18-16(22)7-6-15-17(23)21-14-5-3-2-4-13(14)20-15/h2-5,10H,6-9H2,1H3,(H,18,22)(H,21,23). The van der Waals surface area contributed by atoms with Gasteiger partial charge in [-0.3, -0.25) is 9.59 Å². The third-order valence-electron chi connectivity index (χ3n) is 3.63. The molecule has 0 unspecified atom stereocenters. The topological polar surface area (TPSA) is 101 Å². The summed E-state index contributed by atoms with van der Waals surface area (Å²) in [6.45, 7) is 2.25. The van der Waals surface area contributed by atoms with Gasteiger partial charge >= 0.3 is 0 Å². The summed E-state index contributed by atoms with van der Waals surface area (Å²) >= 11 is 0. The van der Waals surface area contributed by atoms with Crippen molar-refractivity contribution >= 4 is 16.9 Å². The van der Waals surface area contributed by atoms with Crippen LogP contribution in [-0.4, -0.2) is 27.4 Å². The molecule has 24 heavy (non-hydrogen) atoms. The molecule has 0 saturated heterocycles. The van der Waals surface area contributed by atoms with E-state index in [4.69, 9.17) is 4.42 Å². The Labute approximate surface area is 138 Å². The lowest BCUT2D eigenvalue weighted by Crippen LogP contribution is -2.27. The van der Waals surface area contributed by atoms with Crippen LogP contribution in [0.1, 0.15) is 23.7 Å². The largest absolute Gasteiger partial charge is 0.449 e. The molecular formula is C17H18N4O3. The summed E-state index contributed by atoms with van der Waals surface area (Å²) in [5.74, 6) is 0.488. The van der Waals surface area contributed by atoms with Crippen LogP contribution in [0.4, 0.5) is 0 Å². The Balaban J connectivity index is 1.52. The lowest BCUT2D eigenvalue weighted by atomic mass is 10.2. The molecule has 1 amide bonds. The van der Waals surface area contributed by atoms with E-state index in [1.54, 1.807) is 19.3 Å². The molecule has 0 radical (unpaired) electrons. The molecule has 0 spiro atoms. The van der Waals surface area contributed by atoms with Crippen molar-refractivity contribution in [2.75, 3.05) is 6.54 Å². The molecule has 0 atom stereocenters. The lowest BCUT2D eigenvalue weighted by molar-refractivity contribution is -0.121. The number of aryl methyl sites for hydroxylation is 2. The number of carbonyl (C=O) groups is 1. The summed E-state index contributed by atoms with van der Waals surface area (Å²) in [6.07, 6.45) is 2.71. The third kappa shape index (κ3) is 3.87. The van der Waals surface area contributed by atoms with Gasteiger partial charge in [-0.1, -0.05) is 12.1 Å². The first kappa shape index (κ1) is 15.9. The molecule has 124 valence electrons. The first-order valence-corrected chi connectivity index (χ1v) is 7.77. The van der Waals surface area contributed by atoms with Crippen LogP contribution >= 0.6 is 0 Å². The Morgan fingerprint density at radius 3 is 2.88 bits per heavy atom. The summed E-state index contributed by atoms with van der Waals surface area (Å²) in [4.78, 5) is 35.2. The average molecular weight is 326 g/mol. The van der Waals surface area contributed by atoms with Crippen LogP contribution in [-0.2, 0) is 17.6 Å². The van der Waals surface area contributed by atoms with Crippen LogP contribution in [0.25, 0.3) is 11.0 Å². The van der Waals surface area contributed by atoms with E-state index in [-0.39, 0.29) is 17.9 Å². The van der Waals surface area contributed by atoms with E-state index in [0.717, 1.165) is 5.69 Å². The van der Waals surface area contributed by atoms with Gasteiger partial charge in [-0.25, -0.2) is 9.97 Å². The summed E-state index contributed by atoms with van der Waals surface area (Å²) in [7, 11) is 0. The van der Waals surface area contributed by atoms with E-state index in [1.807, 2.05) is 18.2 Å². The van der Waals surface area contributed by atoms with Gasteiger partial charge in [-0.2, -0.15) is 0 Å². The van der Waals surface area contributed by atoms with Crippen LogP contribution in [0, 0.1) is 6.92 Å². The quantitative estimate of drug-likeness (QED) is 0.715. The second kappa shape index (κ2) is 7.08. The Bertz CT molecular complexity index is 913. The average Bonchev–Trinajstić information content (AvgIpc) is 2.98. The minimum atomic E-state index is -0.250. The number of hydrogen-bond acceptors (Lipinski definition) is 5. The maximum absolute atomic E-state index is 12.0. The number of para-hydroxylation sites is 2. The minimum absolute atomic E-state index is 0.121. The summed E-state index contributed by atoms with van der Waals surface area (Å²) < 4.78 is 5.11. The zero-order valence-corrected chi connectivity index (χ0v) is 13.3. The van der Waals surface area contributed by atoms with Gasteiger partial charge in [0.15, 0.2) is 5.89 Å². The molecular weight excluding hydrogens is 308 g/mol. The second-order valence-corrected chi connectivity index (χ2v) is 5.49. The fraction of sp³-hybridized carbons (Fsp3) is 0.294. The predicted octanol–water partition coefficient (Wildman–Crippen LogP) is 1.51. The number of benzene rings is 1. The highest BCUT2D eigenvalue weighted by molar-refractivity contribution is 5.76. The molecule has 0 saturated carbocycles. The molecule has 0 aliphatic carbocycles. The number of oxazole rings is 1. The number of H-pyrrole nitrogens is 1. The number of hydrogen-bond donors (Lipinski definition) is 2. The zero-order valence-electron chi connectivity index (χ0n) is 13.3. The molecule has 2 aromatic heterocycles. The number of nitrogens with one attached hydrogen (secondary N) is 2. The number of aromatic nitrogens is 3. The van der Waals surface area contributed by atoms with Crippen molar-refractivity contribution in [3.63, 3.8) is 0 Å². The molecule has 7 nitrogen and oxygen atoms in total. The molecule has 3 aromatic rings. The number of fused-ring (bicyclic) bond motifs is 1. The van der Waals surface area contributed by atoms with Crippen molar-refractivity contribution in [2.24, 2.45) is 0 Å². The lowest BCUT2D eigenvalue weighted by Gasteiger charge is -2.04. The number of amides is 1. The van der Waals surface area contributed by atoms with Crippen LogP contribution in [0.5, 0.6) is 0 Å². The van der Waals surface area contributed by atoms with E-state index in [0.29, 0.717) is 42.0 Å². The molecule has 0 fully saturated rings. The van der Waals surface area contributed by atoms with E-state index in [1.165, 1.54) is 0 Å². The van der Waals surface area contributed by atoms with Crippen LogP contribution in [0.2, 0.25) is 0 Å². The highest BCUT2D eigenvalue weighted by Crippen LogP contribution is 2.07. The fourth-order valence-electron chi connectivity index (χ4n) is 2.41. The maximum Gasteiger partial charge on any atom is 0.270 e. The van der Waals surface area contributed by atoms with Crippen molar-refractivity contribution in [1.82, 2.24) is 20.3 Å². The SMILES string of the molecule is Cc1nc(CCNC(=O)CCc2nc3ccccc3[nH]c2=O)co1. The van der Waals surface area contributed by atoms with E-state index >= 15 is 0 Å². The molecule has 0 bridgehead atoms. The van der Waals surface area contributed by atoms with Gasteiger partial charge in [0.1, 0.15) is 12.0 Å². The molecule has 0 aliphatic heterocycles. The normalized spacial score (nSPS) is 10.9.